The molecule has 1 amide bonds. The molecule has 1 aromatic heterocycles. The maximum atomic E-state index is 13.4. The molecule has 2 N–H and O–H groups in total. The number of hydrogen-bond donors (Lipinski definition) is 2. The number of carboxylic acid groups (broad SMARTS) is 1. The van der Waals surface area contributed by atoms with Gasteiger partial charge in [-0.2, -0.15) is 26.3 Å². The Labute approximate surface area is 267 Å². The summed E-state index contributed by atoms with van der Waals surface area (Å²) in [7, 11) is 0. The largest absolute Gasteiger partial charge is 0.507 e. The summed E-state index contributed by atoms with van der Waals surface area (Å²) in [5.41, 5.74) is -2.76. The van der Waals surface area contributed by atoms with Gasteiger partial charge in [0.25, 0.3) is 5.91 Å². The Hall–Kier alpha value is -4.15. The maximum Gasteiger partial charge on any atom is 0.416 e. The number of rotatable bonds is 7. The fourth-order valence-corrected chi connectivity index (χ4v) is 6.28. The number of anilines is 1. The standard InChI is InChI=1S/C30H24F6N4O4S2/c31-29(32,33)18-12-17(13-19(14-18)30(34,35)36)23-3-1-2-20(37-23)15-25-26(42)40(28(45)46-25)11-8-38-6-9-39(10-7-38)21-4-5-22(27(43)44)24(41)16-21/h1-5,12-16,41H,6-11H2,(H,43,44)/b25-15-. The number of thiocarbonyl (C=S) groups is 1. The highest BCUT2D eigenvalue weighted by Gasteiger charge is 2.37. The molecule has 2 fully saturated rings. The number of hydrogen-bond acceptors (Lipinski definition) is 8. The highest BCUT2D eigenvalue weighted by atomic mass is 32.2. The Morgan fingerprint density at radius 1 is 0.935 bits per heavy atom. The van der Waals surface area contributed by atoms with Gasteiger partial charge < -0.3 is 15.1 Å². The van der Waals surface area contributed by atoms with Crippen molar-refractivity contribution in [2.45, 2.75) is 12.4 Å². The molecule has 0 aliphatic carbocycles. The summed E-state index contributed by atoms with van der Waals surface area (Å²) in [5.74, 6) is -1.93. The topological polar surface area (TPSA) is 97.2 Å². The van der Waals surface area contributed by atoms with Crippen molar-refractivity contribution in [3.05, 3.63) is 81.9 Å². The molecule has 2 aliphatic rings. The van der Waals surface area contributed by atoms with Crippen molar-refractivity contribution in [2.24, 2.45) is 0 Å². The summed E-state index contributed by atoms with van der Waals surface area (Å²) in [6.07, 6.45) is -8.62. The number of carbonyl (C=O) groups excluding carboxylic acids is 1. The first-order valence-electron chi connectivity index (χ1n) is 13.7. The van der Waals surface area contributed by atoms with Gasteiger partial charge in [-0.05, 0) is 48.5 Å². The minimum Gasteiger partial charge on any atom is -0.507 e. The highest BCUT2D eigenvalue weighted by Crippen LogP contribution is 2.39. The number of halogens is 6. The van der Waals surface area contributed by atoms with Crippen LogP contribution in [0, 0.1) is 0 Å². The van der Waals surface area contributed by atoms with Gasteiger partial charge in [0.05, 0.1) is 27.4 Å². The van der Waals surface area contributed by atoms with Crippen molar-refractivity contribution in [2.75, 3.05) is 44.2 Å². The van der Waals surface area contributed by atoms with Crippen molar-refractivity contribution >= 4 is 51.9 Å². The third kappa shape index (κ3) is 7.45. The van der Waals surface area contributed by atoms with E-state index in [1.165, 1.54) is 41.3 Å². The lowest BCUT2D eigenvalue weighted by molar-refractivity contribution is -0.143. The highest BCUT2D eigenvalue weighted by molar-refractivity contribution is 8.26. The van der Waals surface area contributed by atoms with E-state index < -0.39 is 35.4 Å². The van der Waals surface area contributed by atoms with E-state index >= 15 is 0 Å². The lowest BCUT2D eigenvalue weighted by atomic mass is 10.0. The van der Waals surface area contributed by atoms with E-state index in [-0.39, 0.29) is 45.8 Å². The second-order valence-corrected chi connectivity index (χ2v) is 12.1. The van der Waals surface area contributed by atoms with Crippen molar-refractivity contribution in [1.29, 1.82) is 0 Å². The molecule has 0 atom stereocenters. The average molecular weight is 683 g/mol. The van der Waals surface area contributed by atoms with E-state index in [1.807, 2.05) is 4.90 Å². The molecular formula is C30H24F6N4O4S2. The van der Waals surface area contributed by atoms with E-state index in [2.05, 4.69) is 9.88 Å². The number of carbonyl (C=O) groups is 2. The number of pyridine rings is 1. The number of aromatic carboxylic acids is 1. The summed E-state index contributed by atoms with van der Waals surface area (Å²) >= 11 is 6.42. The van der Waals surface area contributed by atoms with Gasteiger partial charge in [0.1, 0.15) is 15.6 Å². The minimum atomic E-state index is -5.00. The van der Waals surface area contributed by atoms with E-state index in [1.54, 1.807) is 6.07 Å². The summed E-state index contributed by atoms with van der Waals surface area (Å²) < 4.78 is 80.4. The number of alkyl halides is 6. The van der Waals surface area contributed by atoms with E-state index in [9.17, 15) is 41.0 Å². The van der Waals surface area contributed by atoms with Crippen LogP contribution < -0.4 is 4.90 Å². The van der Waals surface area contributed by atoms with Crippen LogP contribution in [0.2, 0.25) is 0 Å². The monoisotopic (exact) mass is 682 g/mol. The predicted molar refractivity (Wildman–Crippen MR) is 163 cm³/mol. The second kappa shape index (κ2) is 12.9. The second-order valence-electron chi connectivity index (χ2n) is 10.4. The van der Waals surface area contributed by atoms with Crippen LogP contribution in [-0.4, -0.2) is 80.5 Å². The molecule has 2 aliphatic heterocycles. The molecule has 2 saturated heterocycles. The van der Waals surface area contributed by atoms with Gasteiger partial charge in [0, 0.05) is 56.6 Å². The van der Waals surface area contributed by atoms with Crippen LogP contribution in [0.15, 0.2) is 59.5 Å². The molecule has 0 bridgehead atoms. The van der Waals surface area contributed by atoms with Crippen molar-refractivity contribution < 1.29 is 46.1 Å². The first-order chi connectivity index (χ1) is 21.6. The van der Waals surface area contributed by atoms with Gasteiger partial charge >= 0.3 is 18.3 Å². The summed E-state index contributed by atoms with van der Waals surface area (Å²) in [4.78, 5) is 34.3. The first kappa shape index (κ1) is 33.2. The molecule has 0 unspecified atom stereocenters. The van der Waals surface area contributed by atoms with Crippen LogP contribution in [0.25, 0.3) is 17.3 Å². The number of aromatic hydroxyl groups is 1. The number of nitrogens with zero attached hydrogens (tertiary/aromatic N) is 4. The third-order valence-electron chi connectivity index (χ3n) is 7.40. The average Bonchev–Trinajstić information content (AvgIpc) is 3.26. The Bertz CT molecular complexity index is 1690. The quantitative estimate of drug-likeness (QED) is 0.171. The number of piperazine rings is 1. The molecule has 0 spiro atoms. The van der Waals surface area contributed by atoms with Crippen LogP contribution in [0.1, 0.15) is 27.2 Å². The van der Waals surface area contributed by atoms with Crippen molar-refractivity contribution in [3.8, 4) is 17.0 Å². The van der Waals surface area contributed by atoms with E-state index in [0.29, 0.717) is 54.9 Å². The van der Waals surface area contributed by atoms with Crippen molar-refractivity contribution in [1.82, 2.24) is 14.8 Å². The zero-order valence-corrected chi connectivity index (χ0v) is 25.2. The first-order valence-corrected chi connectivity index (χ1v) is 14.9. The molecule has 242 valence electrons. The minimum absolute atomic E-state index is 0.0475. The molecular weight excluding hydrogens is 658 g/mol. The van der Waals surface area contributed by atoms with E-state index in [0.717, 1.165) is 11.8 Å². The Morgan fingerprint density at radius 2 is 1.59 bits per heavy atom. The molecule has 16 heteroatoms. The van der Waals surface area contributed by atoms with Crippen molar-refractivity contribution in [3.63, 3.8) is 0 Å². The lowest BCUT2D eigenvalue weighted by Gasteiger charge is -2.36. The molecule has 8 nitrogen and oxygen atoms in total. The number of benzene rings is 2. The van der Waals surface area contributed by atoms with Crippen LogP contribution in [-0.2, 0) is 17.1 Å². The Kier molecular flexibility index (Phi) is 9.33. The maximum absolute atomic E-state index is 13.4. The van der Waals surface area contributed by atoms with Crippen LogP contribution in [0.3, 0.4) is 0 Å². The van der Waals surface area contributed by atoms with Gasteiger partial charge in [0.15, 0.2) is 0 Å². The molecule has 46 heavy (non-hydrogen) atoms. The molecule has 0 radical (unpaired) electrons. The van der Waals surface area contributed by atoms with Gasteiger partial charge in [-0.15, -0.1) is 0 Å². The zero-order chi connectivity index (χ0) is 33.4. The van der Waals surface area contributed by atoms with Gasteiger partial charge in [0.2, 0.25) is 0 Å². The lowest BCUT2D eigenvalue weighted by Crippen LogP contribution is -2.48. The Balaban J connectivity index is 1.23. The van der Waals surface area contributed by atoms with Gasteiger partial charge in [-0.3, -0.25) is 14.6 Å². The molecule has 3 heterocycles. The SMILES string of the molecule is O=C(O)c1ccc(N2CCN(CCN3C(=O)/C(=C/c4cccc(-c5cc(C(F)(F)F)cc(C(F)(F)F)c5)n4)SC3=S)CC2)cc1O. The summed E-state index contributed by atoms with van der Waals surface area (Å²) in [5, 5.41) is 19.1. The van der Waals surface area contributed by atoms with Gasteiger partial charge in [-0.25, -0.2) is 9.78 Å². The number of amides is 1. The number of carboxylic acids is 1. The molecule has 0 saturated carbocycles. The fraction of sp³-hybridized carbons (Fsp3) is 0.267. The molecule has 2 aromatic carbocycles. The molecule has 5 rings (SSSR count). The normalized spacial score (nSPS) is 17.3. The fourth-order valence-electron chi connectivity index (χ4n) is 4.99. The predicted octanol–water partition coefficient (Wildman–Crippen LogP) is 6.21. The van der Waals surface area contributed by atoms with Crippen LogP contribution in [0.5, 0.6) is 5.75 Å². The smallest absolute Gasteiger partial charge is 0.416 e. The number of phenols is 1. The van der Waals surface area contributed by atoms with Gasteiger partial charge in [-0.1, -0.05) is 30.0 Å². The molecule has 3 aromatic rings. The van der Waals surface area contributed by atoms with E-state index in [4.69, 9.17) is 17.3 Å². The Morgan fingerprint density at radius 3 is 2.17 bits per heavy atom. The van der Waals surface area contributed by atoms with Crippen LogP contribution >= 0.6 is 24.0 Å². The zero-order valence-electron chi connectivity index (χ0n) is 23.6. The summed E-state index contributed by atoms with van der Waals surface area (Å²) in [6, 6.07) is 9.82. The summed E-state index contributed by atoms with van der Waals surface area (Å²) in [6.45, 7) is 3.25. The third-order valence-corrected chi connectivity index (χ3v) is 8.77. The van der Waals surface area contributed by atoms with Crippen LogP contribution in [0.4, 0.5) is 32.0 Å². The number of thioether (sulfide) groups is 1. The number of aromatic nitrogens is 1.